The molecule has 2 fully saturated rings. The number of thiophene rings is 1. The maximum Gasteiger partial charge on any atom is 0.191 e. The van der Waals surface area contributed by atoms with E-state index in [4.69, 9.17) is 4.99 Å². The lowest BCUT2D eigenvalue weighted by Crippen LogP contribution is -2.43. The molecule has 3 rings (SSSR count). The highest BCUT2D eigenvalue weighted by Crippen LogP contribution is 2.21. The molecule has 0 unspecified atom stereocenters. The Kier molecular flexibility index (Phi) is 9.55. The Hall–Kier alpha value is -0.340. The van der Waals surface area contributed by atoms with Gasteiger partial charge in [-0.3, -0.25) is 9.89 Å². The van der Waals surface area contributed by atoms with E-state index in [0.29, 0.717) is 6.04 Å². The number of likely N-dealkylation sites (tertiary alicyclic amines) is 1. The van der Waals surface area contributed by atoms with E-state index in [0.717, 1.165) is 31.5 Å². The summed E-state index contributed by atoms with van der Waals surface area (Å²) in [4.78, 5) is 8.96. The molecular weight excluding hydrogens is 443 g/mol. The van der Waals surface area contributed by atoms with Gasteiger partial charge in [0.25, 0.3) is 0 Å². The molecule has 0 aromatic carbocycles. The molecule has 2 N–H and O–H groups in total. The maximum atomic E-state index is 4.88. The van der Waals surface area contributed by atoms with Gasteiger partial charge in [0.05, 0.1) is 0 Å². The van der Waals surface area contributed by atoms with Crippen molar-refractivity contribution in [3.8, 4) is 0 Å². The fourth-order valence-corrected chi connectivity index (χ4v) is 4.50. The molecule has 1 aliphatic heterocycles. The first-order chi connectivity index (χ1) is 11.8. The van der Waals surface area contributed by atoms with Gasteiger partial charge in [-0.2, -0.15) is 0 Å². The van der Waals surface area contributed by atoms with Gasteiger partial charge in [0.15, 0.2) is 5.96 Å². The van der Waals surface area contributed by atoms with Gasteiger partial charge < -0.3 is 10.6 Å². The number of hydrogen-bond acceptors (Lipinski definition) is 3. The van der Waals surface area contributed by atoms with Gasteiger partial charge in [-0.25, -0.2) is 0 Å². The molecule has 0 radical (unpaired) electrons. The van der Waals surface area contributed by atoms with E-state index in [1.165, 1.54) is 56.5 Å². The molecule has 6 heteroatoms. The SMILES string of the molecule is CCNC(=NCC1CCN(Cc2cccs2)CC1)NC1CCCC1.I. The molecule has 1 aromatic rings. The van der Waals surface area contributed by atoms with Crippen LogP contribution in [0.1, 0.15) is 50.3 Å². The van der Waals surface area contributed by atoms with Crippen LogP contribution in [0.2, 0.25) is 0 Å². The Morgan fingerprint density at radius 3 is 2.64 bits per heavy atom. The average Bonchev–Trinajstić information content (AvgIpc) is 3.28. The van der Waals surface area contributed by atoms with Crippen LogP contribution in [0.4, 0.5) is 0 Å². The second-order valence-electron chi connectivity index (χ2n) is 7.14. The smallest absolute Gasteiger partial charge is 0.191 e. The fraction of sp³-hybridized carbons (Fsp3) is 0.737. The molecule has 25 heavy (non-hydrogen) atoms. The molecule has 142 valence electrons. The molecule has 1 aromatic heterocycles. The number of rotatable bonds is 6. The van der Waals surface area contributed by atoms with Crippen molar-refractivity contribution in [2.75, 3.05) is 26.2 Å². The van der Waals surface area contributed by atoms with Crippen LogP contribution in [0.15, 0.2) is 22.5 Å². The molecule has 0 atom stereocenters. The van der Waals surface area contributed by atoms with Gasteiger partial charge in [-0.05, 0) is 63.1 Å². The molecular formula is C19H33IN4S. The highest BCUT2D eigenvalue weighted by atomic mass is 127. The summed E-state index contributed by atoms with van der Waals surface area (Å²) in [5.41, 5.74) is 0. The highest BCUT2D eigenvalue weighted by molar-refractivity contribution is 14.0. The Bertz CT molecular complexity index is 492. The average molecular weight is 476 g/mol. The third-order valence-corrected chi connectivity index (χ3v) is 6.08. The lowest BCUT2D eigenvalue weighted by Gasteiger charge is -2.31. The predicted octanol–water partition coefficient (Wildman–Crippen LogP) is 4.08. The standard InChI is InChI=1S/C19H32N4S.HI/c1-2-20-19(22-17-6-3-4-7-17)21-14-16-9-11-23(12-10-16)15-18-8-5-13-24-18;/h5,8,13,16-17H,2-4,6-7,9-12,14-15H2,1H3,(H2,20,21,22);1H. The Labute approximate surface area is 173 Å². The number of aliphatic imine (C=N–C) groups is 1. The quantitative estimate of drug-likeness (QED) is 0.370. The van der Waals surface area contributed by atoms with Crippen molar-refractivity contribution in [1.29, 1.82) is 0 Å². The molecule has 0 amide bonds. The van der Waals surface area contributed by atoms with Crippen LogP contribution in [0.25, 0.3) is 0 Å². The van der Waals surface area contributed by atoms with E-state index in [1.807, 2.05) is 11.3 Å². The van der Waals surface area contributed by atoms with Gasteiger partial charge in [-0.15, -0.1) is 35.3 Å². The number of guanidine groups is 1. The normalized spacial score (nSPS) is 20.4. The predicted molar refractivity (Wildman–Crippen MR) is 119 cm³/mol. The monoisotopic (exact) mass is 476 g/mol. The van der Waals surface area contributed by atoms with Crippen LogP contribution >= 0.6 is 35.3 Å². The van der Waals surface area contributed by atoms with Crippen LogP contribution < -0.4 is 10.6 Å². The first-order valence-corrected chi connectivity index (χ1v) is 10.5. The largest absolute Gasteiger partial charge is 0.357 e. The van der Waals surface area contributed by atoms with Gasteiger partial charge in [-0.1, -0.05) is 18.9 Å². The van der Waals surface area contributed by atoms with Crippen molar-refractivity contribution >= 4 is 41.3 Å². The Morgan fingerprint density at radius 1 is 1.24 bits per heavy atom. The molecule has 1 aliphatic carbocycles. The van der Waals surface area contributed by atoms with Crippen molar-refractivity contribution in [3.05, 3.63) is 22.4 Å². The zero-order valence-corrected chi connectivity index (χ0v) is 18.5. The lowest BCUT2D eigenvalue weighted by atomic mass is 9.97. The van der Waals surface area contributed by atoms with E-state index in [1.54, 1.807) is 0 Å². The van der Waals surface area contributed by atoms with E-state index in [-0.39, 0.29) is 24.0 Å². The summed E-state index contributed by atoms with van der Waals surface area (Å²) in [6.45, 7) is 7.61. The molecule has 2 aliphatic rings. The first kappa shape index (κ1) is 21.0. The Morgan fingerprint density at radius 2 is 2.00 bits per heavy atom. The third kappa shape index (κ3) is 7.06. The van der Waals surface area contributed by atoms with Gasteiger partial charge in [0, 0.05) is 30.6 Å². The molecule has 0 bridgehead atoms. The van der Waals surface area contributed by atoms with E-state index in [2.05, 4.69) is 40.0 Å². The van der Waals surface area contributed by atoms with Crippen molar-refractivity contribution in [2.45, 2.75) is 58.0 Å². The Balaban J connectivity index is 0.00000225. The number of nitrogens with one attached hydrogen (secondary N) is 2. The van der Waals surface area contributed by atoms with E-state index >= 15 is 0 Å². The second-order valence-corrected chi connectivity index (χ2v) is 8.18. The summed E-state index contributed by atoms with van der Waals surface area (Å²) in [5, 5.41) is 9.22. The molecule has 4 nitrogen and oxygen atoms in total. The lowest BCUT2D eigenvalue weighted by molar-refractivity contribution is 0.182. The first-order valence-electron chi connectivity index (χ1n) is 9.63. The van der Waals surface area contributed by atoms with Crippen molar-refractivity contribution in [2.24, 2.45) is 10.9 Å². The van der Waals surface area contributed by atoms with Crippen LogP contribution in [-0.4, -0.2) is 43.1 Å². The minimum absolute atomic E-state index is 0. The van der Waals surface area contributed by atoms with Crippen molar-refractivity contribution in [1.82, 2.24) is 15.5 Å². The number of hydrogen-bond donors (Lipinski definition) is 2. The maximum absolute atomic E-state index is 4.88. The minimum Gasteiger partial charge on any atom is -0.357 e. The molecule has 1 saturated heterocycles. The molecule has 1 saturated carbocycles. The van der Waals surface area contributed by atoms with Gasteiger partial charge >= 0.3 is 0 Å². The van der Waals surface area contributed by atoms with Crippen LogP contribution in [0, 0.1) is 5.92 Å². The number of halogens is 1. The zero-order chi connectivity index (χ0) is 16.6. The van der Waals surface area contributed by atoms with E-state index < -0.39 is 0 Å². The van der Waals surface area contributed by atoms with Crippen LogP contribution in [0.3, 0.4) is 0 Å². The van der Waals surface area contributed by atoms with E-state index in [9.17, 15) is 0 Å². The highest BCUT2D eigenvalue weighted by Gasteiger charge is 2.20. The van der Waals surface area contributed by atoms with Gasteiger partial charge in [0.2, 0.25) is 0 Å². The summed E-state index contributed by atoms with van der Waals surface area (Å²) in [6.07, 6.45) is 7.87. The summed E-state index contributed by atoms with van der Waals surface area (Å²) >= 11 is 1.87. The molecule has 2 heterocycles. The van der Waals surface area contributed by atoms with Crippen LogP contribution in [-0.2, 0) is 6.54 Å². The summed E-state index contributed by atoms with van der Waals surface area (Å²) in [6, 6.07) is 5.04. The topological polar surface area (TPSA) is 39.7 Å². The number of piperidine rings is 1. The van der Waals surface area contributed by atoms with Crippen LogP contribution in [0.5, 0.6) is 0 Å². The number of nitrogens with zero attached hydrogens (tertiary/aromatic N) is 2. The minimum atomic E-state index is 0. The molecule has 0 spiro atoms. The van der Waals surface area contributed by atoms with Crippen molar-refractivity contribution in [3.63, 3.8) is 0 Å². The van der Waals surface area contributed by atoms with Crippen molar-refractivity contribution < 1.29 is 0 Å². The zero-order valence-electron chi connectivity index (χ0n) is 15.4. The third-order valence-electron chi connectivity index (χ3n) is 5.21. The fourth-order valence-electron chi connectivity index (χ4n) is 3.75. The summed E-state index contributed by atoms with van der Waals surface area (Å²) < 4.78 is 0. The summed E-state index contributed by atoms with van der Waals surface area (Å²) in [5.74, 6) is 1.77. The van der Waals surface area contributed by atoms with Gasteiger partial charge in [0.1, 0.15) is 0 Å². The summed E-state index contributed by atoms with van der Waals surface area (Å²) in [7, 11) is 0. The second kappa shape index (κ2) is 11.4.